The van der Waals surface area contributed by atoms with Crippen molar-refractivity contribution >= 4 is 11.9 Å². The van der Waals surface area contributed by atoms with Crippen LogP contribution in [0.25, 0.3) is 0 Å². The Kier molecular flexibility index (Phi) is 3.90. The largest absolute Gasteiger partial charge is 0.480 e. The maximum atomic E-state index is 12.1. The number of fused-ring (bicyclic) bond motifs is 1. The van der Waals surface area contributed by atoms with Crippen LogP contribution in [0.3, 0.4) is 0 Å². The number of carbonyl (C=O) groups is 2. The monoisotopic (exact) mass is 254 g/mol. The Morgan fingerprint density at radius 1 is 1.44 bits per heavy atom. The SMILES string of the molecule is CC(N)CCC(=O)N1CC2CCCC2C1C(=O)O. The van der Waals surface area contributed by atoms with Crippen molar-refractivity contribution in [2.75, 3.05) is 6.54 Å². The number of carboxylic acid groups (broad SMARTS) is 1. The van der Waals surface area contributed by atoms with Crippen molar-refractivity contribution in [3.63, 3.8) is 0 Å². The van der Waals surface area contributed by atoms with Crippen molar-refractivity contribution in [2.24, 2.45) is 17.6 Å². The number of aliphatic carboxylic acids is 1. The lowest BCUT2D eigenvalue weighted by molar-refractivity contribution is -0.149. The second-order valence-corrected chi connectivity index (χ2v) is 5.70. The van der Waals surface area contributed by atoms with E-state index < -0.39 is 12.0 Å². The Labute approximate surface area is 107 Å². The number of carboxylic acids is 1. The summed E-state index contributed by atoms with van der Waals surface area (Å²) in [5, 5.41) is 9.34. The molecule has 1 amide bonds. The van der Waals surface area contributed by atoms with Crippen LogP contribution in [0, 0.1) is 11.8 Å². The van der Waals surface area contributed by atoms with Gasteiger partial charge >= 0.3 is 5.97 Å². The molecule has 4 unspecified atom stereocenters. The smallest absolute Gasteiger partial charge is 0.326 e. The second kappa shape index (κ2) is 5.26. The van der Waals surface area contributed by atoms with Crippen molar-refractivity contribution in [3.8, 4) is 0 Å². The van der Waals surface area contributed by atoms with Crippen LogP contribution < -0.4 is 5.73 Å². The summed E-state index contributed by atoms with van der Waals surface area (Å²) < 4.78 is 0. The zero-order valence-electron chi connectivity index (χ0n) is 10.8. The molecule has 2 aliphatic rings. The van der Waals surface area contributed by atoms with E-state index in [-0.39, 0.29) is 17.9 Å². The molecule has 18 heavy (non-hydrogen) atoms. The molecular formula is C13H22N2O3. The van der Waals surface area contributed by atoms with Gasteiger partial charge in [0.2, 0.25) is 5.91 Å². The Balaban J connectivity index is 2.03. The molecule has 0 aromatic carbocycles. The molecule has 0 spiro atoms. The first-order chi connectivity index (χ1) is 8.50. The van der Waals surface area contributed by atoms with Gasteiger partial charge in [-0.1, -0.05) is 6.42 Å². The first-order valence-electron chi connectivity index (χ1n) is 6.78. The Bertz CT molecular complexity index is 343. The lowest BCUT2D eigenvalue weighted by Gasteiger charge is -2.24. The van der Waals surface area contributed by atoms with Gasteiger partial charge in [0.1, 0.15) is 6.04 Å². The van der Waals surface area contributed by atoms with Gasteiger partial charge < -0.3 is 15.7 Å². The summed E-state index contributed by atoms with van der Waals surface area (Å²) >= 11 is 0. The van der Waals surface area contributed by atoms with Gasteiger partial charge in [0.15, 0.2) is 0 Å². The molecule has 102 valence electrons. The van der Waals surface area contributed by atoms with E-state index in [0.717, 1.165) is 19.3 Å². The third kappa shape index (κ3) is 2.51. The predicted molar refractivity (Wildman–Crippen MR) is 66.9 cm³/mol. The highest BCUT2D eigenvalue weighted by Gasteiger charge is 2.49. The Hall–Kier alpha value is -1.10. The summed E-state index contributed by atoms with van der Waals surface area (Å²) in [5.74, 6) is -0.334. The molecule has 1 saturated heterocycles. The van der Waals surface area contributed by atoms with E-state index >= 15 is 0 Å². The van der Waals surface area contributed by atoms with Crippen molar-refractivity contribution in [3.05, 3.63) is 0 Å². The molecule has 1 saturated carbocycles. The molecule has 0 aromatic rings. The molecule has 0 bridgehead atoms. The summed E-state index contributed by atoms with van der Waals surface area (Å²) in [6.07, 6.45) is 4.09. The average molecular weight is 254 g/mol. The van der Waals surface area contributed by atoms with Gasteiger partial charge in [0, 0.05) is 19.0 Å². The van der Waals surface area contributed by atoms with Crippen LogP contribution in [0.15, 0.2) is 0 Å². The second-order valence-electron chi connectivity index (χ2n) is 5.70. The van der Waals surface area contributed by atoms with E-state index in [1.165, 1.54) is 0 Å². The van der Waals surface area contributed by atoms with E-state index in [0.29, 0.717) is 25.3 Å². The Morgan fingerprint density at radius 3 is 2.78 bits per heavy atom. The molecule has 5 heteroatoms. The lowest BCUT2D eigenvalue weighted by atomic mass is 9.94. The normalized spacial score (nSPS) is 32.3. The molecule has 3 N–H and O–H groups in total. The van der Waals surface area contributed by atoms with Gasteiger partial charge in [-0.05, 0) is 38.0 Å². The lowest BCUT2D eigenvalue weighted by Crippen LogP contribution is -2.43. The van der Waals surface area contributed by atoms with Crippen molar-refractivity contribution in [1.82, 2.24) is 4.90 Å². The molecule has 1 aliphatic carbocycles. The number of hydrogen-bond donors (Lipinski definition) is 2. The number of hydrogen-bond acceptors (Lipinski definition) is 3. The Morgan fingerprint density at radius 2 is 2.17 bits per heavy atom. The van der Waals surface area contributed by atoms with Gasteiger partial charge in [-0.2, -0.15) is 0 Å². The van der Waals surface area contributed by atoms with E-state index in [1.807, 2.05) is 6.92 Å². The first-order valence-corrected chi connectivity index (χ1v) is 6.78. The standard InChI is InChI=1S/C13H22N2O3/c1-8(14)5-6-11(16)15-7-9-3-2-4-10(9)12(15)13(17)18/h8-10,12H,2-7,14H2,1H3,(H,17,18). The summed E-state index contributed by atoms with van der Waals surface area (Å²) in [6, 6.07) is -0.614. The number of nitrogens with two attached hydrogens (primary N) is 1. The molecule has 1 aliphatic heterocycles. The van der Waals surface area contributed by atoms with Gasteiger partial charge in [0.25, 0.3) is 0 Å². The molecule has 4 atom stereocenters. The van der Waals surface area contributed by atoms with Crippen LogP contribution in [0.2, 0.25) is 0 Å². The number of likely N-dealkylation sites (tertiary alicyclic amines) is 1. The maximum Gasteiger partial charge on any atom is 0.326 e. The molecule has 0 aromatic heterocycles. The highest BCUT2D eigenvalue weighted by Crippen LogP contribution is 2.42. The van der Waals surface area contributed by atoms with Gasteiger partial charge in [0.05, 0.1) is 0 Å². The molecule has 2 fully saturated rings. The van der Waals surface area contributed by atoms with Crippen molar-refractivity contribution in [2.45, 2.75) is 51.1 Å². The number of amides is 1. The van der Waals surface area contributed by atoms with E-state index in [9.17, 15) is 14.7 Å². The molecule has 0 radical (unpaired) electrons. The summed E-state index contributed by atoms with van der Waals surface area (Å²) in [5.41, 5.74) is 5.64. The maximum absolute atomic E-state index is 12.1. The number of rotatable bonds is 4. The van der Waals surface area contributed by atoms with Gasteiger partial charge in [-0.25, -0.2) is 4.79 Å². The van der Waals surface area contributed by atoms with Crippen LogP contribution in [-0.4, -0.2) is 40.5 Å². The summed E-state index contributed by atoms with van der Waals surface area (Å²) in [7, 11) is 0. The molecular weight excluding hydrogens is 232 g/mol. The van der Waals surface area contributed by atoms with Crippen LogP contribution in [-0.2, 0) is 9.59 Å². The fourth-order valence-corrected chi connectivity index (χ4v) is 3.37. The number of nitrogens with zero attached hydrogens (tertiary/aromatic N) is 1. The molecule has 2 rings (SSSR count). The molecule has 1 heterocycles. The first kappa shape index (κ1) is 13.3. The van der Waals surface area contributed by atoms with Crippen molar-refractivity contribution < 1.29 is 14.7 Å². The van der Waals surface area contributed by atoms with E-state index in [4.69, 9.17) is 5.73 Å². The van der Waals surface area contributed by atoms with Crippen LogP contribution >= 0.6 is 0 Å². The minimum absolute atomic E-state index is 0.0145. The fraction of sp³-hybridized carbons (Fsp3) is 0.846. The minimum atomic E-state index is -0.849. The topological polar surface area (TPSA) is 83.6 Å². The zero-order chi connectivity index (χ0) is 13.3. The highest BCUT2D eigenvalue weighted by molar-refractivity contribution is 5.84. The van der Waals surface area contributed by atoms with Gasteiger partial charge in [-0.3, -0.25) is 4.79 Å². The summed E-state index contributed by atoms with van der Waals surface area (Å²) in [4.78, 5) is 25.1. The van der Waals surface area contributed by atoms with Crippen LogP contribution in [0.5, 0.6) is 0 Å². The van der Waals surface area contributed by atoms with Crippen LogP contribution in [0.1, 0.15) is 39.0 Å². The average Bonchev–Trinajstić information content (AvgIpc) is 2.83. The van der Waals surface area contributed by atoms with E-state index in [1.54, 1.807) is 4.90 Å². The van der Waals surface area contributed by atoms with E-state index in [2.05, 4.69) is 0 Å². The predicted octanol–water partition coefficient (Wildman–Crippen LogP) is 0.825. The highest BCUT2D eigenvalue weighted by atomic mass is 16.4. The summed E-state index contributed by atoms with van der Waals surface area (Å²) in [6.45, 7) is 2.49. The fourth-order valence-electron chi connectivity index (χ4n) is 3.37. The third-order valence-electron chi connectivity index (χ3n) is 4.28. The van der Waals surface area contributed by atoms with Crippen LogP contribution in [0.4, 0.5) is 0 Å². The zero-order valence-corrected chi connectivity index (χ0v) is 10.8. The molecule has 5 nitrogen and oxygen atoms in total. The van der Waals surface area contributed by atoms with Gasteiger partial charge in [-0.15, -0.1) is 0 Å². The third-order valence-corrected chi connectivity index (χ3v) is 4.28. The quantitative estimate of drug-likeness (QED) is 0.778. The van der Waals surface area contributed by atoms with Crippen molar-refractivity contribution in [1.29, 1.82) is 0 Å². The number of carbonyl (C=O) groups excluding carboxylic acids is 1. The minimum Gasteiger partial charge on any atom is -0.480 e.